The van der Waals surface area contributed by atoms with Crippen LogP contribution in [0.2, 0.25) is 0 Å². The lowest BCUT2D eigenvalue weighted by molar-refractivity contribution is -0.142. The van der Waals surface area contributed by atoms with Crippen molar-refractivity contribution in [3.63, 3.8) is 0 Å². The van der Waals surface area contributed by atoms with Crippen LogP contribution in [-0.2, 0) is 28.7 Å². The van der Waals surface area contributed by atoms with Crippen LogP contribution >= 0.6 is 0 Å². The third-order valence-corrected chi connectivity index (χ3v) is 6.14. The van der Waals surface area contributed by atoms with Crippen LogP contribution in [0.3, 0.4) is 0 Å². The van der Waals surface area contributed by atoms with Gasteiger partial charge in [-0.05, 0) is 35.4 Å². The second-order valence-electron chi connectivity index (χ2n) is 8.45. The fourth-order valence-corrected chi connectivity index (χ4v) is 4.19. The number of halogens is 6. The van der Waals surface area contributed by atoms with E-state index in [1.807, 2.05) is 0 Å². The molecule has 0 radical (unpaired) electrons. The molecule has 0 bridgehead atoms. The van der Waals surface area contributed by atoms with E-state index in [9.17, 15) is 55.7 Å². The molecule has 0 aromatic heterocycles. The first kappa shape index (κ1) is 29.9. The molecule has 0 aliphatic heterocycles. The minimum Gasteiger partial charge on any atom is -0.504 e. The van der Waals surface area contributed by atoms with E-state index in [4.69, 9.17) is 0 Å². The lowest BCUT2D eigenvalue weighted by Crippen LogP contribution is -2.31. The maximum atomic E-state index is 14.0. The number of ketones is 2. The Hall–Kier alpha value is -4.62. The summed E-state index contributed by atoms with van der Waals surface area (Å²) in [4.78, 5) is 50.6. The van der Waals surface area contributed by atoms with Gasteiger partial charge in [-0.2, -0.15) is 0 Å². The quantitative estimate of drug-likeness (QED) is 0.208. The Bertz CT molecular complexity index is 1340. The number of aliphatic hydroxyl groups excluding tert-OH is 2. The highest BCUT2D eigenvalue weighted by Crippen LogP contribution is 2.41. The molecule has 0 fully saturated rings. The minimum atomic E-state index is -1.90. The van der Waals surface area contributed by atoms with Gasteiger partial charge in [-0.1, -0.05) is 0 Å². The summed E-state index contributed by atoms with van der Waals surface area (Å²) in [6.07, 6.45) is -1.88. The van der Waals surface area contributed by atoms with Crippen LogP contribution in [0.15, 0.2) is 46.9 Å². The Labute approximate surface area is 221 Å². The number of rotatable bonds is 8. The number of Topliss-reactive ketones (excluding diaryl/α,β-unsaturated/α-hetero) is 2. The summed E-state index contributed by atoms with van der Waals surface area (Å²) in [7, 11) is 1.81. The molecule has 1 aliphatic carbocycles. The van der Waals surface area contributed by atoms with Crippen LogP contribution in [-0.4, -0.2) is 47.9 Å². The number of methoxy groups -OCH3 is 2. The molecule has 3 rings (SSSR count). The first-order valence-corrected chi connectivity index (χ1v) is 11.1. The number of hydrogen-bond acceptors (Lipinski definition) is 8. The molecule has 8 nitrogen and oxygen atoms in total. The summed E-state index contributed by atoms with van der Waals surface area (Å²) in [6, 6.07) is 1.52. The average molecular weight is 572 g/mol. The van der Waals surface area contributed by atoms with Crippen molar-refractivity contribution >= 4 is 23.5 Å². The van der Waals surface area contributed by atoms with Crippen molar-refractivity contribution in [3.05, 3.63) is 93.0 Å². The van der Waals surface area contributed by atoms with E-state index in [2.05, 4.69) is 9.47 Å². The largest absolute Gasteiger partial charge is 0.504 e. The molecule has 40 heavy (non-hydrogen) atoms. The van der Waals surface area contributed by atoms with Crippen LogP contribution < -0.4 is 0 Å². The number of carbonyl (C=O) groups excluding carboxylic acids is 4. The first-order valence-electron chi connectivity index (χ1n) is 11.1. The molecular weight excluding hydrogens is 554 g/mol. The van der Waals surface area contributed by atoms with E-state index in [1.54, 1.807) is 0 Å². The van der Waals surface area contributed by atoms with Crippen molar-refractivity contribution in [2.24, 2.45) is 0 Å². The highest BCUT2D eigenvalue weighted by molar-refractivity contribution is 6.24. The van der Waals surface area contributed by atoms with Crippen LogP contribution in [0.25, 0.3) is 0 Å². The van der Waals surface area contributed by atoms with Crippen molar-refractivity contribution < 1.29 is 65.2 Å². The maximum Gasteiger partial charge on any atom is 0.306 e. The van der Waals surface area contributed by atoms with Gasteiger partial charge in [0, 0.05) is 11.8 Å². The number of aliphatic hydroxyl groups is 2. The monoisotopic (exact) mass is 572 g/mol. The second kappa shape index (κ2) is 11.6. The lowest BCUT2D eigenvalue weighted by atomic mass is 9.75. The summed E-state index contributed by atoms with van der Waals surface area (Å²) >= 11 is 0. The van der Waals surface area contributed by atoms with Crippen LogP contribution in [0.5, 0.6) is 0 Å². The van der Waals surface area contributed by atoms with Crippen molar-refractivity contribution in [3.8, 4) is 0 Å². The summed E-state index contributed by atoms with van der Waals surface area (Å²) in [5.74, 6) is -22.9. The molecule has 212 valence electrons. The molecule has 2 aromatic carbocycles. The third kappa shape index (κ3) is 5.55. The Kier molecular flexibility index (Phi) is 8.71. The predicted octanol–water partition coefficient (Wildman–Crippen LogP) is 4.29. The summed E-state index contributed by atoms with van der Waals surface area (Å²) in [6.45, 7) is 0. The van der Waals surface area contributed by atoms with E-state index in [0.717, 1.165) is 14.2 Å². The highest BCUT2D eigenvalue weighted by atomic mass is 19.2. The van der Waals surface area contributed by atoms with E-state index in [-0.39, 0.29) is 0 Å². The van der Waals surface area contributed by atoms with Crippen LogP contribution in [0.1, 0.15) is 35.8 Å². The maximum absolute atomic E-state index is 14.0. The molecule has 0 heterocycles. The first-order chi connectivity index (χ1) is 18.7. The van der Waals surface area contributed by atoms with Gasteiger partial charge in [-0.15, -0.1) is 0 Å². The number of hydrogen-bond donors (Lipinski definition) is 2. The van der Waals surface area contributed by atoms with Crippen molar-refractivity contribution in [1.29, 1.82) is 0 Å². The molecule has 0 saturated heterocycles. The van der Waals surface area contributed by atoms with E-state index in [0.29, 0.717) is 24.3 Å². The zero-order valence-corrected chi connectivity index (χ0v) is 20.5. The standard InChI is InChI=1S/C26H18F6O8/c1-39-17(33)7-11(9-3-13(27)21(31)14(28)4-9)19-23(35)25(37)20(26(38)24(19)36)12(8-18(34)40-2)10-5-15(29)22(32)16(30)6-10/h3-6,11-12,35,38H,7-8H2,1-2H3/t11-,12+. The predicted molar refractivity (Wildman–Crippen MR) is 121 cm³/mol. The Morgan fingerprint density at radius 3 is 1.18 bits per heavy atom. The number of allylic oxidation sites excluding steroid dienone is 2. The summed E-state index contributed by atoms with van der Waals surface area (Å²) < 4.78 is 92.0. The van der Waals surface area contributed by atoms with Crippen LogP contribution in [0.4, 0.5) is 26.3 Å². The van der Waals surface area contributed by atoms with Gasteiger partial charge >= 0.3 is 11.9 Å². The van der Waals surface area contributed by atoms with E-state index in [1.165, 1.54) is 0 Å². The normalized spacial score (nSPS) is 15.3. The Morgan fingerprint density at radius 1 is 0.650 bits per heavy atom. The number of ether oxygens (including phenoxy) is 2. The number of esters is 2. The molecule has 2 N–H and O–H groups in total. The fourth-order valence-electron chi connectivity index (χ4n) is 4.19. The Morgan fingerprint density at radius 2 is 0.925 bits per heavy atom. The molecule has 0 unspecified atom stereocenters. The molecule has 14 heteroatoms. The highest BCUT2D eigenvalue weighted by Gasteiger charge is 2.43. The number of carbonyl (C=O) groups is 4. The van der Waals surface area contributed by atoms with Gasteiger partial charge in [0.1, 0.15) is 0 Å². The molecular formula is C26H18F6O8. The zero-order valence-electron chi connectivity index (χ0n) is 20.5. The van der Waals surface area contributed by atoms with Gasteiger partial charge in [0.2, 0.25) is 11.6 Å². The number of benzene rings is 2. The van der Waals surface area contributed by atoms with Gasteiger partial charge in [0.25, 0.3) is 0 Å². The smallest absolute Gasteiger partial charge is 0.306 e. The third-order valence-electron chi connectivity index (χ3n) is 6.14. The van der Waals surface area contributed by atoms with E-state index < -0.39 is 117 Å². The molecule has 0 amide bonds. The van der Waals surface area contributed by atoms with Crippen molar-refractivity contribution in [1.82, 2.24) is 0 Å². The molecule has 0 spiro atoms. The molecule has 2 atom stereocenters. The molecule has 1 aliphatic rings. The zero-order chi connectivity index (χ0) is 30.0. The average Bonchev–Trinajstić information content (AvgIpc) is 2.91. The van der Waals surface area contributed by atoms with Gasteiger partial charge in [-0.3, -0.25) is 19.2 Å². The van der Waals surface area contributed by atoms with Gasteiger partial charge in [0.15, 0.2) is 46.4 Å². The lowest BCUT2D eigenvalue weighted by Gasteiger charge is -2.27. The fraction of sp³-hybridized carbons (Fsp3) is 0.231. The van der Waals surface area contributed by atoms with Crippen LogP contribution in [0, 0.1) is 34.9 Å². The van der Waals surface area contributed by atoms with Crippen molar-refractivity contribution in [2.75, 3.05) is 14.2 Å². The molecule has 2 aromatic rings. The molecule has 0 saturated carbocycles. The Balaban J connectivity index is 2.23. The SMILES string of the molecule is COC(=O)C[C@H](C1=C(O)C(=O)C([C@H](CC(=O)OC)c2cc(F)c(F)c(F)c2)=C(O)C1=O)c1cc(F)c(F)c(F)c1. The van der Waals surface area contributed by atoms with Gasteiger partial charge < -0.3 is 19.7 Å². The van der Waals surface area contributed by atoms with Gasteiger partial charge in [0.05, 0.1) is 38.2 Å². The van der Waals surface area contributed by atoms with Crippen molar-refractivity contribution in [2.45, 2.75) is 24.7 Å². The second-order valence-corrected chi connectivity index (χ2v) is 8.45. The topological polar surface area (TPSA) is 127 Å². The summed E-state index contributed by atoms with van der Waals surface area (Å²) in [5.41, 5.74) is -3.35. The minimum absolute atomic E-state index is 0.379. The van der Waals surface area contributed by atoms with E-state index >= 15 is 0 Å². The summed E-state index contributed by atoms with van der Waals surface area (Å²) in [5, 5.41) is 21.5. The van der Waals surface area contributed by atoms with Gasteiger partial charge in [-0.25, -0.2) is 26.3 Å².